The van der Waals surface area contributed by atoms with Crippen LogP contribution in [0, 0.1) is 59.2 Å². The van der Waals surface area contributed by atoms with Gasteiger partial charge in [0.05, 0.1) is 71.2 Å². The molecule has 2 aromatic carbocycles. The number of fused-ring (bicyclic) bond motifs is 1. The second-order valence-corrected chi connectivity index (χ2v) is 19.9. The lowest BCUT2D eigenvalue weighted by molar-refractivity contribution is -0.141. The summed E-state index contributed by atoms with van der Waals surface area (Å²) >= 11 is 0. The first-order valence-corrected chi connectivity index (χ1v) is 26.6. The number of imide groups is 1. The number of likely N-dealkylation sites (tertiary alicyclic amines) is 1. The van der Waals surface area contributed by atoms with Gasteiger partial charge in [-0.05, 0) is 85.4 Å². The molecule has 4 fully saturated rings. The Morgan fingerprint density at radius 3 is 1.83 bits per heavy atom. The normalized spacial score (nSPS) is 27.1. The highest BCUT2D eigenvalue weighted by atomic mass is 31.1. The molecule has 6 rings (SSSR count). The van der Waals surface area contributed by atoms with Crippen LogP contribution in [0.1, 0.15) is 43.2 Å². The van der Waals surface area contributed by atoms with Crippen LogP contribution in [0.5, 0.6) is 0 Å². The lowest BCUT2D eigenvalue weighted by Crippen LogP contribution is -2.47. The average Bonchev–Trinajstić information content (AvgIpc) is 4.15. The molecule has 1 saturated heterocycles. The maximum atomic E-state index is 14.3. The van der Waals surface area contributed by atoms with E-state index < -0.39 is 17.6 Å². The molecule has 12 atom stereocenters. The largest absolute Gasteiger partial charge is 0.383 e. The van der Waals surface area contributed by atoms with Crippen molar-refractivity contribution in [3.8, 4) is 0 Å². The van der Waals surface area contributed by atoms with Crippen molar-refractivity contribution in [3.05, 3.63) is 115 Å². The Morgan fingerprint density at radius 1 is 0.643 bits per heavy atom. The standard InChI is InChI=1S/C55H75N4O10P/c1-5-38-32-42(47(34-38)51(61)58-53(70-4)52(62)57-23-25-67-28-29-69-31-30-68-27-26-66-3)18-17-41-33-43(46(35-41)50(60)56-22-24-65-2)20-21-45-36-44(19-16-39-12-8-6-9-13-39)48-49(45)55(64)59(54(48)63)37-40-14-10-7-11-15-40/h5-21,38,41-49,53,70H,1,22-37H2,2-4H3,(H,56,60)(H,57,62)(H,58,61)/b18-17-,19-16+,21-20-/t38?,41?,42?,43?,44?,45?,46-,47-,48?,49?,53?/m0/s1. The second kappa shape index (κ2) is 28.9. The van der Waals surface area contributed by atoms with E-state index in [0.29, 0.717) is 85.2 Å². The fraction of sp³-hybridized carbons (Fsp3) is 0.545. The molecule has 0 aromatic heterocycles. The quantitative estimate of drug-likeness (QED) is 0.0378. The van der Waals surface area contributed by atoms with Crippen molar-refractivity contribution in [3.63, 3.8) is 0 Å². The molecule has 10 unspecified atom stereocenters. The van der Waals surface area contributed by atoms with Crippen LogP contribution in [0.25, 0.3) is 6.08 Å². The summed E-state index contributed by atoms with van der Waals surface area (Å²) < 4.78 is 26.6. The Kier molecular flexibility index (Phi) is 22.5. The van der Waals surface area contributed by atoms with Gasteiger partial charge in [-0.25, -0.2) is 0 Å². The minimum atomic E-state index is -0.656. The summed E-state index contributed by atoms with van der Waals surface area (Å²) in [5.74, 6) is -3.20. The highest BCUT2D eigenvalue weighted by Gasteiger charge is 2.57. The van der Waals surface area contributed by atoms with Gasteiger partial charge < -0.3 is 39.6 Å². The van der Waals surface area contributed by atoms with Gasteiger partial charge in [-0.2, -0.15) is 0 Å². The number of benzene rings is 2. The summed E-state index contributed by atoms with van der Waals surface area (Å²) in [5, 5.41) is 9.01. The third-order valence-electron chi connectivity index (χ3n) is 14.2. The minimum absolute atomic E-state index is 0.0394. The van der Waals surface area contributed by atoms with Crippen LogP contribution in [-0.2, 0) is 54.2 Å². The molecule has 3 N–H and O–H groups in total. The van der Waals surface area contributed by atoms with Crippen molar-refractivity contribution < 1.29 is 47.7 Å². The van der Waals surface area contributed by atoms with Crippen molar-refractivity contribution in [1.82, 2.24) is 20.9 Å². The summed E-state index contributed by atoms with van der Waals surface area (Å²) in [6.45, 7) is 10.4. The number of nitrogens with zero attached hydrogens (tertiary/aromatic N) is 1. The summed E-state index contributed by atoms with van der Waals surface area (Å²) in [4.78, 5) is 70.8. The second-order valence-electron chi connectivity index (χ2n) is 18.8. The van der Waals surface area contributed by atoms with E-state index in [0.717, 1.165) is 24.0 Å². The molecule has 1 heterocycles. The van der Waals surface area contributed by atoms with Gasteiger partial charge in [0, 0.05) is 39.1 Å². The van der Waals surface area contributed by atoms with Crippen LogP contribution in [0.15, 0.2) is 104 Å². The maximum Gasteiger partial charge on any atom is 0.246 e. The van der Waals surface area contributed by atoms with Gasteiger partial charge >= 0.3 is 0 Å². The van der Waals surface area contributed by atoms with Gasteiger partial charge in [0.15, 0.2) is 0 Å². The van der Waals surface area contributed by atoms with Gasteiger partial charge in [0.2, 0.25) is 29.5 Å². The van der Waals surface area contributed by atoms with Crippen LogP contribution in [0.4, 0.5) is 0 Å². The molecule has 3 saturated carbocycles. The van der Waals surface area contributed by atoms with Crippen LogP contribution < -0.4 is 16.0 Å². The first-order chi connectivity index (χ1) is 34.1. The molecule has 5 amide bonds. The topological polar surface area (TPSA) is 171 Å². The predicted octanol–water partition coefficient (Wildman–Crippen LogP) is 6.05. The van der Waals surface area contributed by atoms with Crippen LogP contribution >= 0.6 is 8.58 Å². The van der Waals surface area contributed by atoms with Crippen LogP contribution in [-0.4, -0.2) is 127 Å². The SMILES string of the molecule is C=CC1CC(/C=C\C2CC(/C=C\C3CC(/C=C/c4ccccc4)C4C(=O)N(Cc5ccccc5)C(=O)C34)[C@@H](C(=O)NCCOC)C2)[C@@H](C(=O)NC(PC)C(=O)NCCOCCOCCOCCOC)C1. The van der Waals surface area contributed by atoms with Crippen LogP contribution in [0.3, 0.4) is 0 Å². The molecule has 70 heavy (non-hydrogen) atoms. The lowest BCUT2D eigenvalue weighted by Gasteiger charge is -2.22. The molecular formula is C55H75N4O10P. The number of rotatable bonds is 29. The van der Waals surface area contributed by atoms with E-state index in [1.165, 1.54) is 4.90 Å². The van der Waals surface area contributed by atoms with E-state index in [1.807, 2.05) is 73.4 Å². The number of allylic oxidation sites excluding steroid dienone is 6. The van der Waals surface area contributed by atoms with Crippen LogP contribution in [0.2, 0.25) is 0 Å². The van der Waals surface area contributed by atoms with E-state index in [9.17, 15) is 24.0 Å². The highest BCUT2D eigenvalue weighted by Crippen LogP contribution is 2.50. The molecule has 2 aromatic rings. The number of hydrogen-bond donors (Lipinski definition) is 3. The first-order valence-electron chi connectivity index (χ1n) is 25.0. The monoisotopic (exact) mass is 983 g/mol. The Morgan fingerprint density at radius 2 is 1.19 bits per heavy atom. The molecule has 0 radical (unpaired) electrons. The average molecular weight is 983 g/mol. The number of nitrogens with one attached hydrogen (secondary N) is 3. The van der Waals surface area contributed by atoms with Gasteiger partial charge in [-0.3, -0.25) is 28.9 Å². The molecule has 4 aliphatic rings. The fourth-order valence-corrected chi connectivity index (χ4v) is 11.2. The van der Waals surface area contributed by atoms with Crippen molar-refractivity contribution >= 4 is 44.2 Å². The number of hydrogen-bond acceptors (Lipinski definition) is 10. The minimum Gasteiger partial charge on any atom is -0.383 e. The van der Waals surface area contributed by atoms with E-state index >= 15 is 0 Å². The summed E-state index contributed by atoms with van der Waals surface area (Å²) in [7, 11) is 3.39. The van der Waals surface area contributed by atoms with Crippen molar-refractivity contribution in [1.29, 1.82) is 0 Å². The molecular weight excluding hydrogens is 908 g/mol. The molecule has 14 nitrogen and oxygen atoms in total. The molecule has 15 heteroatoms. The Bertz CT molecular complexity index is 2090. The van der Waals surface area contributed by atoms with E-state index in [4.69, 9.17) is 23.7 Å². The van der Waals surface area contributed by atoms with Crippen molar-refractivity contribution in [2.75, 3.05) is 86.8 Å². The molecule has 380 valence electrons. The summed E-state index contributed by atoms with van der Waals surface area (Å²) in [6, 6.07) is 19.6. The zero-order valence-corrected chi connectivity index (χ0v) is 42.2. The van der Waals surface area contributed by atoms with Gasteiger partial charge in [-0.15, -0.1) is 6.58 Å². The summed E-state index contributed by atoms with van der Waals surface area (Å²) in [6.07, 6.45) is 18.1. The fourth-order valence-electron chi connectivity index (χ4n) is 10.5. The van der Waals surface area contributed by atoms with Gasteiger partial charge in [-0.1, -0.05) is 112 Å². The number of carbonyl (C=O) groups excluding carboxylic acids is 5. The summed E-state index contributed by atoms with van der Waals surface area (Å²) in [5.41, 5.74) is 1.94. The van der Waals surface area contributed by atoms with E-state index in [-0.39, 0.29) is 92.0 Å². The van der Waals surface area contributed by atoms with E-state index in [1.54, 1.807) is 14.2 Å². The number of carbonyl (C=O) groups is 5. The van der Waals surface area contributed by atoms with Crippen molar-refractivity contribution in [2.45, 2.75) is 44.4 Å². The van der Waals surface area contributed by atoms with Crippen molar-refractivity contribution in [2.24, 2.45) is 59.2 Å². The first kappa shape index (κ1) is 54.5. The van der Waals surface area contributed by atoms with E-state index in [2.05, 4.69) is 59.0 Å². The Labute approximate surface area is 416 Å². The zero-order valence-electron chi connectivity index (χ0n) is 41.2. The molecule has 0 spiro atoms. The smallest absolute Gasteiger partial charge is 0.246 e. The Hall–Kier alpha value is -4.82. The number of methoxy groups -OCH3 is 2. The Balaban J connectivity index is 1.08. The number of ether oxygens (including phenoxy) is 5. The zero-order chi connectivity index (χ0) is 49.7. The lowest BCUT2D eigenvalue weighted by atomic mass is 9.87. The molecule has 1 aliphatic heterocycles. The van der Waals surface area contributed by atoms with Gasteiger partial charge in [0.25, 0.3) is 0 Å². The molecule has 0 bridgehead atoms. The third-order valence-corrected chi connectivity index (χ3v) is 15.2. The predicted molar refractivity (Wildman–Crippen MR) is 272 cm³/mol. The maximum absolute atomic E-state index is 14.3. The third kappa shape index (κ3) is 15.6. The highest BCUT2D eigenvalue weighted by molar-refractivity contribution is 7.39. The molecule has 3 aliphatic carbocycles. The number of amides is 5. The van der Waals surface area contributed by atoms with Gasteiger partial charge in [0.1, 0.15) is 5.78 Å².